The first-order valence-corrected chi connectivity index (χ1v) is 10.6. The molecule has 1 amide bonds. The first kappa shape index (κ1) is 20.1. The summed E-state index contributed by atoms with van der Waals surface area (Å²) in [7, 11) is 1.65. The van der Waals surface area contributed by atoms with Crippen LogP contribution in [0.5, 0.6) is 5.75 Å². The molecule has 1 saturated heterocycles. The fraction of sp³-hybridized carbons (Fsp3) is 0.375. The van der Waals surface area contributed by atoms with Crippen molar-refractivity contribution in [2.45, 2.75) is 32.2 Å². The maximum Gasteiger partial charge on any atom is 0.276 e. The van der Waals surface area contributed by atoms with Crippen molar-refractivity contribution in [3.05, 3.63) is 77.6 Å². The van der Waals surface area contributed by atoms with Crippen molar-refractivity contribution in [1.82, 2.24) is 19.9 Å². The number of benzene rings is 2. The molecule has 2 aromatic carbocycles. The predicted molar refractivity (Wildman–Crippen MR) is 116 cm³/mol. The first-order valence-electron chi connectivity index (χ1n) is 10.6. The number of hydrogen-bond acceptors (Lipinski definition) is 4. The summed E-state index contributed by atoms with van der Waals surface area (Å²) in [5.74, 6) is 1.48. The molecule has 0 spiro atoms. The Morgan fingerprint density at radius 1 is 1.03 bits per heavy atom. The van der Waals surface area contributed by atoms with E-state index in [2.05, 4.69) is 40.6 Å². The van der Waals surface area contributed by atoms with E-state index in [4.69, 9.17) is 4.74 Å². The van der Waals surface area contributed by atoms with Crippen molar-refractivity contribution in [3.8, 4) is 5.75 Å². The summed E-state index contributed by atoms with van der Waals surface area (Å²) >= 11 is 0. The topological polar surface area (TPSA) is 60.2 Å². The van der Waals surface area contributed by atoms with Gasteiger partial charge in [-0.2, -0.15) is 0 Å². The second-order valence-electron chi connectivity index (χ2n) is 7.91. The van der Waals surface area contributed by atoms with E-state index in [-0.39, 0.29) is 5.91 Å². The molecule has 1 aliphatic heterocycles. The summed E-state index contributed by atoms with van der Waals surface area (Å²) in [6, 6.07) is 18.4. The highest BCUT2D eigenvalue weighted by atomic mass is 16.5. The third kappa shape index (κ3) is 5.06. The van der Waals surface area contributed by atoms with Crippen LogP contribution in [0.4, 0.5) is 0 Å². The molecule has 0 radical (unpaired) electrons. The molecular weight excluding hydrogens is 376 g/mol. The molecule has 30 heavy (non-hydrogen) atoms. The van der Waals surface area contributed by atoms with Gasteiger partial charge >= 0.3 is 0 Å². The number of carbonyl (C=O) groups is 1. The van der Waals surface area contributed by atoms with Crippen LogP contribution in [0.25, 0.3) is 0 Å². The normalized spacial score (nSPS) is 14.6. The molecule has 1 aromatic heterocycles. The molecule has 156 valence electrons. The van der Waals surface area contributed by atoms with Gasteiger partial charge in [0.15, 0.2) is 5.69 Å². The first-order chi connectivity index (χ1) is 14.7. The van der Waals surface area contributed by atoms with Crippen molar-refractivity contribution >= 4 is 5.91 Å². The molecular formula is C24H28N4O2. The van der Waals surface area contributed by atoms with Crippen LogP contribution < -0.4 is 4.74 Å². The van der Waals surface area contributed by atoms with Crippen molar-refractivity contribution in [1.29, 1.82) is 0 Å². The Balaban J connectivity index is 1.27. The number of nitrogens with zero attached hydrogens (tertiary/aromatic N) is 4. The third-order valence-electron chi connectivity index (χ3n) is 5.85. The Bertz CT molecular complexity index is 945. The molecule has 6 heteroatoms. The zero-order valence-electron chi connectivity index (χ0n) is 17.4. The number of aryl methyl sites for hydroxylation is 1. The van der Waals surface area contributed by atoms with Gasteiger partial charge in [0.25, 0.3) is 5.91 Å². The van der Waals surface area contributed by atoms with Crippen LogP contribution in [0.1, 0.15) is 40.9 Å². The van der Waals surface area contributed by atoms with Crippen LogP contribution in [-0.4, -0.2) is 46.0 Å². The lowest BCUT2D eigenvalue weighted by Crippen LogP contribution is -2.38. The minimum Gasteiger partial charge on any atom is -0.497 e. The Kier molecular flexibility index (Phi) is 6.42. The van der Waals surface area contributed by atoms with Crippen molar-refractivity contribution in [2.75, 3.05) is 20.2 Å². The van der Waals surface area contributed by atoms with Crippen molar-refractivity contribution in [3.63, 3.8) is 0 Å². The number of likely N-dealkylation sites (tertiary alicyclic amines) is 1. The maximum atomic E-state index is 12.8. The quantitative estimate of drug-likeness (QED) is 0.601. The smallest absolute Gasteiger partial charge is 0.276 e. The molecule has 1 aliphatic rings. The molecule has 0 bridgehead atoms. The van der Waals surface area contributed by atoms with Crippen LogP contribution in [0.3, 0.4) is 0 Å². The predicted octanol–water partition coefficient (Wildman–Crippen LogP) is 3.82. The number of amides is 1. The molecule has 0 unspecified atom stereocenters. The lowest BCUT2D eigenvalue weighted by atomic mass is 9.90. The fourth-order valence-corrected chi connectivity index (χ4v) is 3.99. The summed E-state index contributed by atoms with van der Waals surface area (Å²) in [6.45, 7) is 2.17. The van der Waals surface area contributed by atoms with Gasteiger partial charge in [-0.05, 0) is 54.9 Å². The summed E-state index contributed by atoms with van der Waals surface area (Å²) in [5, 5.41) is 8.25. The van der Waals surface area contributed by atoms with Gasteiger partial charge in [-0.15, -0.1) is 5.10 Å². The molecule has 0 saturated carbocycles. The van der Waals surface area contributed by atoms with Gasteiger partial charge in [-0.1, -0.05) is 47.7 Å². The summed E-state index contributed by atoms with van der Waals surface area (Å²) in [4.78, 5) is 14.7. The van der Waals surface area contributed by atoms with Gasteiger partial charge in [0.2, 0.25) is 0 Å². The molecule has 0 atom stereocenters. The number of carbonyl (C=O) groups excluding carboxylic acids is 1. The zero-order chi connectivity index (χ0) is 20.8. The second-order valence-corrected chi connectivity index (χ2v) is 7.91. The van der Waals surface area contributed by atoms with Crippen molar-refractivity contribution < 1.29 is 9.53 Å². The molecule has 2 heterocycles. The highest BCUT2D eigenvalue weighted by molar-refractivity contribution is 5.92. The van der Waals surface area contributed by atoms with Crippen LogP contribution in [0.2, 0.25) is 0 Å². The molecule has 1 fully saturated rings. The van der Waals surface area contributed by atoms with Gasteiger partial charge in [0.1, 0.15) is 5.75 Å². The highest BCUT2D eigenvalue weighted by Crippen LogP contribution is 2.23. The minimum absolute atomic E-state index is 0.0162. The molecule has 3 aromatic rings. The lowest BCUT2D eigenvalue weighted by molar-refractivity contribution is 0.0681. The Morgan fingerprint density at radius 2 is 1.77 bits per heavy atom. The number of aromatic nitrogens is 3. The van der Waals surface area contributed by atoms with Gasteiger partial charge in [-0.25, -0.2) is 4.68 Å². The molecule has 0 N–H and O–H groups in total. The van der Waals surface area contributed by atoms with Gasteiger partial charge in [0, 0.05) is 13.1 Å². The second kappa shape index (κ2) is 9.57. The number of methoxy groups -OCH3 is 1. The van der Waals surface area contributed by atoms with E-state index in [1.165, 1.54) is 12.0 Å². The van der Waals surface area contributed by atoms with Crippen LogP contribution in [0.15, 0.2) is 60.8 Å². The van der Waals surface area contributed by atoms with Crippen LogP contribution in [-0.2, 0) is 13.0 Å². The Labute approximate surface area is 177 Å². The van der Waals surface area contributed by atoms with E-state index < -0.39 is 0 Å². The van der Waals surface area contributed by atoms with E-state index in [1.54, 1.807) is 18.0 Å². The van der Waals surface area contributed by atoms with E-state index in [0.717, 1.165) is 43.7 Å². The Morgan fingerprint density at radius 3 is 2.47 bits per heavy atom. The summed E-state index contributed by atoms with van der Waals surface area (Å²) < 4.78 is 6.89. The minimum atomic E-state index is -0.0162. The number of ether oxygens (including phenoxy) is 1. The van der Waals surface area contributed by atoms with E-state index in [0.29, 0.717) is 18.2 Å². The third-order valence-corrected chi connectivity index (χ3v) is 5.85. The lowest BCUT2D eigenvalue weighted by Gasteiger charge is -2.31. The standard InChI is InChI=1S/C24H28N4O2/c1-30-22-11-9-21(10-12-22)17-28-18-23(25-26-28)24(29)27-15-13-20(14-16-27)8-7-19-5-3-2-4-6-19/h2-6,9-12,18,20H,7-8,13-17H2,1H3. The van der Waals surface area contributed by atoms with Crippen molar-refractivity contribution in [2.24, 2.45) is 5.92 Å². The number of hydrogen-bond donors (Lipinski definition) is 0. The van der Waals surface area contributed by atoms with E-state index in [1.807, 2.05) is 29.2 Å². The highest BCUT2D eigenvalue weighted by Gasteiger charge is 2.25. The van der Waals surface area contributed by atoms with Gasteiger partial charge in [0.05, 0.1) is 19.9 Å². The fourth-order valence-electron chi connectivity index (χ4n) is 3.99. The summed E-state index contributed by atoms with van der Waals surface area (Å²) in [5.41, 5.74) is 2.90. The zero-order valence-corrected chi connectivity index (χ0v) is 17.4. The van der Waals surface area contributed by atoms with Gasteiger partial charge < -0.3 is 9.64 Å². The maximum absolute atomic E-state index is 12.8. The number of piperidine rings is 1. The largest absolute Gasteiger partial charge is 0.497 e. The average molecular weight is 405 g/mol. The number of rotatable bonds is 7. The monoisotopic (exact) mass is 404 g/mol. The van der Waals surface area contributed by atoms with E-state index in [9.17, 15) is 4.79 Å². The average Bonchev–Trinajstić information content (AvgIpc) is 3.27. The summed E-state index contributed by atoms with van der Waals surface area (Å²) in [6.07, 6.45) is 6.15. The van der Waals surface area contributed by atoms with Gasteiger partial charge in [-0.3, -0.25) is 4.79 Å². The molecule has 0 aliphatic carbocycles. The SMILES string of the molecule is COc1ccc(Cn2cc(C(=O)N3CCC(CCc4ccccc4)CC3)nn2)cc1. The Hall–Kier alpha value is -3.15. The van der Waals surface area contributed by atoms with Crippen LogP contribution >= 0.6 is 0 Å². The van der Waals surface area contributed by atoms with E-state index >= 15 is 0 Å². The molecule has 6 nitrogen and oxygen atoms in total. The molecule has 4 rings (SSSR count). The van der Waals surface area contributed by atoms with Crippen LogP contribution in [0, 0.1) is 5.92 Å².